The number of carbonyl (C=O) groups excluding carboxylic acids is 1. The first-order valence-electron chi connectivity index (χ1n) is 5.70. The summed E-state index contributed by atoms with van der Waals surface area (Å²) in [6.45, 7) is 3.66. The fourth-order valence-electron chi connectivity index (χ4n) is 1.52. The largest absolute Gasteiger partial charge is 0.469 e. The number of halogens is 2. The van der Waals surface area contributed by atoms with Crippen molar-refractivity contribution in [2.24, 2.45) is 5.92 Å². The third kappa shape index (κ3) is 3.77. The zero-order valence-corrected chi connectivity index (χ0v) is 10.7. The highest BCUT2D eigenvalue weighted by molar-refractivity contribution is 5.72. The highest BCUT2D eigenvalue weighted by atomic mass is 19.1. The van der Waals surface area contributed by atoms with E-state index in [0.29, 0.717) is 0 Å². The number of esters is 1. The topological polar surface area (TPSA) is 38.3 Å². The van der Waals surface area contributed by atoms with Gasteiger partial charge in [0, 0.05) is 18.2 Å². The Labute approximate surface area is 105 Å². The Hall–Kier alpha value is -1.49. The SMILES string of the molecule is COC(=O)C(C)C(C)NCc1cc(F)ccc1F. The van der Waals surface area contributed by atoms with Gasteiger partial charge >= 0.3 is 5.97 Å². The van der Waals surface area contributed by atoms with Crippen LogP contribution in [0.5, 0.6) is 0 Å². The quantitative estimate of drug-likeness (QED) is 0.822. The Morgan fingerprint density at radius 2 is 2.06 bits per heavy atom. The van der Waals surface area contributed by atoms with Gasteiger partial charge < -0.3 is 10.1 Å². The minimum atomic E-state index is -0.484. The lowest BCUT2D eigenvalue weighted by atomic mass is 10.0. The number of hydrogen-bond acceptors (Lipinski definition) is 3. The number of benzene rings is 1. The minimum absolute atomic E-state index is 0.159. The Morgan fingerprint density at radius 1 is 1.39 bits per heavy atom. The Balaban J connectivity index is 2.59. The van der Waals surface area contributed by atoms with Crippen molar-refractivity contribution >= 4 is 5.97 Å². The van der Waals surface area contributed by atoms with E-state index in [4.69, 9.17) is 0 Å². The van der Waals surface area contributed by atoms with Gasteiger partial charge in [0.05, 0.1) is 13.0 Å². The average Bonchev–Trinajstić information content (AvgIpc) is 2.37. The maximum atomic E-state index is 13.3. The molecule has 100 valence electrons. The second-order valence-electron chi connectivity index (χ2n) is 4.22. The van der Waals surface area contributed by atoms with Gasteiger partial charge in [0.15, 0.2) is 0 Å². The van der Waals surface area contributed by atoms with Crippen LogP contribution in [-0.4, -0.2) is 19.1 Å². The second-order valence-corrected chi connectivity index (χ2v) is 4.22. The first kappa shape index (κ1) is 14.6. The van der Waals surface area contributed by atoms with E-state index in [1.807, 2.05) is 0 Å². The van der Waals surface area contributed by atoms with Gasteiger partial charge in [-0.15, -0.1) is 0 Å². The van der Waals surface area contributed by atoms with Crippen LogP contribution in [0.1, 0.15) is 19.4 Å². The number of hydrogen-bond donors (Lipinski definition) is 1. The number of methoxy groups -OCH3 is 1. The third-order valence-electron chi connectivity index (χ3n) is 2.95. The van der Waals surface area contributed by atoms with Crippen molar-refractivity contribution in [3.8, 4) is 0 Å². The molecule has 1 rings (SSSR count). The highest BCUT2D eigenvalue weighted by Crippen LogP contribution is 2.11. The Morgan fingerprint density at radius 3 is 2.67 bits per heavy atom. The average molecular weight is 257 g/mol. The van der Waals surface area contributed by atoms with Crippen molar-refractivity contribution < 1.29 is 18.3 Å². The van der Waals surface area contributed by atoms with Gasteiger partial charge in [0.2, 0.25) is 0 Å². The molecular formula is C13H17F2NO2. The van der Waals surface area contributed by atoms with Crippen molar-refractivity contribution in [3.05, 3.63) is 35.4 Å². The minimum Gasteiger partial charge on any atom is -0.469 e. The van der Waals surface area contributed by atoms with Gasteiger partial charge in [-0.25, -0.2) is 8.78 Å². The molecule has 0 radical (unpaired) electrons. The smallest absolute Gasteiger partial charge is 0.309 e. The molecule has 3 nitrogen and oxygen atoms in total. The predicted octanol–water partition coefficient (Wildman–Crippen LogP) is 2.25. The molecule has 0 aromatic heterocycles. The van der Waals surface area contributed by atoms with Crippen LogP contribution >= 0.6 is 0 Å². The summed E-state index contributed by atoms with van der Waals surface area (Å²) in [6.07, 6.45) is 0. The molecule has 1 aromatic carbocycles. The van der Waals surface area contributed by atoms with Gasteiger partial charge in [0.1, 0.15) is 11.6 Å². The van der Waals surface area contributed by atoms with Crippen LogP contribution < -0.4 is 5.32 Å². The molecular weight excluding hydrogens is 240 g/mol. The number of rotatable bonds is 5. The third-order valence-corrected chi connectivity index (χ3v) is 2.95. The maximum absolute atomic E-state index is 13.3. The molecule has 1 aromatic rings. The molecule has 0 spiro atoms. The van der Waals surface area contributed by atoms with Gasteiger partial charge in [-0.1, -0.05) is 6.92 Å². The zero-order chi connectivity index (χ0) is 13.7. The van der Waals surface area contributed by atoms with Gasteiger partial charge in [-0.05, 0) is 25.1 Å². The van der Waals surface area contributed by atoms with Crippen molar-refractivity contribution in [3.63, 3.8) is 0 Å². The first-order chi connectivity index (χ1) is 8.45. The molecule has 0 amide bonds. The normalized spacial score (nSPS) is 14.1. The summed E-state index contributed by atoms with van der Waals surface area (Å²) < 4.78 is 30.9. The Bertz CT molecular complexity index is 423. The van der Waals surface area contributed by atoms with Crippen LogP contribution in [0, 0.1) is 17.6 Å². The molecule has 18 heavy (non-hydrogen) atoms. The molecule has 2 atom stereocenters. The molecule has 1 N–H and O–H groups in total. The molecule has 0 aliphatic carbocycles. The molecule has 0 fully saturated rings. The monoisotopic (exact) mass is 257 g/mol. The van der Waals surface area contributed by atoms with Crippen LogP contribution in [0.4, 0.5) is 8.78 Å². The molecule has 0 aliphatic heterocycles. The van der Waals surface area contributed by atoms with E-state index in [1.165, 1.54) is 7.11 Å². The number of ether oxygens (including phenoxy) is 1. The fourth-order valence-corrected chi connectivity index (χ4v) is 1.52. The van der Waals surface area contributed by atoms with E-state index in [9.17, 15) is 13.6 Å². The molecule has 0 aliphatic rings. The lowest BCUT2D eigenvalue weighted by molar-refractivity contribution is -0.145. The molecule has 0 bridgehead atoms. The summed E-state index contributed by atoms with van der Waals surface area (Å²) in [6, 6.07) is 3.10. The lowest BCUT2D eigenvalue weighted by Crippen LogP contribution is -2.36. The number of carbonyl (C=O) groups is 1. The fraction of sp³-hybridized carbons (Fsp3) is 0.462. The van der Waals surface area contributed by atoms with Crippen LogP contribution in [0.25, 0.3) is 0 Å². The van der Waals surface area contributed by atoms with E-state index in [2.05, 4.69) is 10.1 Å². The van der Waals surface area contributed by atoms with Crippen LogP contribution in [0.2, 0.25) is 0 Å². The van der Waals surface area contributed by atoms with Crippen molar-refractivity contribution in [2.45, 2.75) is 26.4 Å². The lowest BCUT2D eigenvalue weighted by Gasteiger charge is -2.19. The predicted molar refractivity (Wildman–Crippen MR) is 63.8 cm³/mol. The summed E-state index contributed by atoms with van der Waals surface area (Å²) in [5, 5.41) is 2.97. The van der Waals surface area contributed by atoms with E-state index in [1.54, 1.807) is 13.8 Å². The van der Waals surface area contributed by atoms with Gasteiger partial charge in [-0.2, -0.15) is 0 Å². The summed E-state index contributed by atoms with van der Waals surface area (Å²) >= 11 is 0. The van der Waals surface area contributed by atoms with E-state index >= 15 is 0 Å². The van der Waals surface area contributed by atoms with Crippen LogP contribution in [-0.2, 0) is 16.1 Å². The summed E-state index contributed by atoms with van der Waals surface area (Å²) in [5.74, 6) is -1.65. The Kier molecular flexibility index (Phi) is 5.22. The molecule has 5 heteroatoms. The summed E-state index contributed by atoms with van der Waals surface area (Å²) in [4.78, 5) is 11.3. The van der Waals surface area contributed by atoms with E-state index < -0.39 is 11.6 Å². The summed E-state index contributed by atoms with van der Waals surface area (Å²) in [7, 11) is 1.32. The highest BCUT2D eigenvalue weighted by Gasteiger charge is 2.20. The van der Waals surface area contributed by atoms with Crippen molar-refractivity contribution in [2.75, 3.05) is 7.11 Å². The van der Waals surface area contributed by atoms with Gasteiger partial charge in [0.25, 0.3) is 0 Å². The molecule has 0 saturated heterocycles. The van der Waals surface area contributed by atoms with Crippen LogP contribution in [0.15, 0.2) is 18.2 Å². The molecule has 0 saturated carbocycles. The van der Waals surface area contributed by atoms with Crippen molar-refractivity contribution in [1.29, 1.82) is 0 Å². The molecule has 2 unspecified atom stereocenters. The van der Waals surface area contributed by atoms with E-state index in [-0.39, 0.29) is 30.0 Å². The molecule has 0 heterocycles. The van der Waals surface area contributed by atoms with Crippen LogP contribution in [0.3, 0.4) is 0 Å². The number of nitrogens with one attached hydrogen (secondary N) is 1. The van der Waals surface area contributed by atoms with E-state index in [0.717, 1.165) is 18.2 Å². The first-order valence-corrected chi connectivity index (χ1v) is 5.70. The van der Waals surface area contributed by atoms with Crippen molar-refractivity contribution in [1.82, 2.24) is 5.32 Å². The maximum Gasteiger partial charge on any atom is 0.309 e. The second kappa shape index (κ2) is 6.44. The zero-order valence-electron chi connectivity index (χ0n) is 10.7. The van der Waals surface area contributed by atoms with Gasteiger partial charge in [-0.3, -0.25) is 4.79 Å². The summed E-state index contributed by atoms with van der Waals surface area (Å²) in [5.41, 5.74) is 0.235. The standard InChI is InChI=1S/C13H17F2NO2/c1-8(13(17)18-3)9(2)16-7-10-6-11(14)4-5-12(10)15/h4-6,8-9,16H,7H2,1-3H3.